The summed E-state index contributed by atoms with van der Waals surface area (Å²) in [5, 5.41) is 10.4. The first kappa shape index (κ1) is 9.58. The molecular weight excluding hydrogens is 168 g/mol. The monoisotopic (exact) mass is 179 g/mol. The summed E-state index contributed by atoms with van der Waals surface area (Å²) < 4.78 is 5.14. The lowest BCUT2D eigenvalue weighted by molar-refractivity contribution is -0.312. The van der Waals surface area contributed by atoms with Gasteiger partial charge < -0.3 is 14.6 Å². The smallest absolute Gasteiger partial charge is 0.135 e. The number of rotatable bonds is 3. The van der Waals surface area contributed by atoms with Crippen molar-refractivity contribution in [2.75, 3.05) is 0 Å². The molecule has 70 valence electrons. The lowest BCUT2D eigenvalue weighted by Crippen LogP contribution is -2.37. The van der Waals surface area contributed by atoms with Crippen LogP contribution >= 0.6 is 0 Å². The number of benzene rings is 1. The fourth-order valence-corrected chi connectivity index (χ4v) is 0.927. The zero-order chi connectivity index (χ0) is 9.84. The molecule has 0 aromatic heterocycles. The van der Waals surface area contributed by atoms with Gasteiger partial charge in [0.15, 0.2) is 0 Å². The average molecular weight is 179 g/mol. The lowest BCUT2D eigenvalue weighted by atomic mass is 10.2. The number of aliphatic carboxylic acids is 1. The summed E-state index contributed by atoms with van der Waals surface area (Å²) in [7, 11) is 0. The van der Waals surface area contributed by atoms with Crippen LogP contribution in [-0.2, 0) is 4.79 Å². The van der Waals surface area contributed by atoms with Gasteiger partial charge in [-0.15, -0.1) is 0 Å². The molecule has 0 spiro atoms. The molecule has 0 radical (unpaired) electrons. The van der Waals surface area contributed by atoms with Gasteiger partial charge >= 0.3 is 0 Å². The Morgan fingerprint density at radius 2 is 2.08 bits per heavy atom. The van der Waals surface area contributed by atoms with E-state index in [9.17, 15) is 9.90 Å². The van der Waals surface area contributed by atoms with E-state index in [4.69, 9.17) is 4.74 Å². The van der Waals surface area contributed by atoms with Gasteiger partial charge in [0.25, 0.3) is 0 Å². The van der Waals surface area contributed by atoms with Crippen molar-refractivity contribution in [3.63, 3.8) is 0 Å². The van der Waals surface area contributed by atoms with Crippen LogP contribution in [0.3, 0.4) is 0 Å². The van der Waals surface area contributed by atoms with Gasteiger partial charge in [-0.3, -0.25) is 0 Å². The molecule has 3 nitrogen and oxygen atoms in total. The predicted octanol–water partition coefficient (Wildman–Crippen LogP) is 0.512. The van der Waals surface area contributed by atoms with E-state index in [-0.39, 0.29) is 0 Å². The van der Waals surface area contributed by atoms with E-state index in [1.54, 1.807) is 12.1 Å². The van der Waals surface area contributed by atoms with Crippen LogP contribution in [0.2, 0.25) is 0 Å². The highest BCUT2D eigenvalue weighted by Crippen LogP contribution is 2.17. The minimum absolute atomic E-state index is 0.583. The zero-order valence-corrected chi connectivity index (χ0v) is 7.61. The Bertz CT molecular complexity index is 307. The fraction of sp³-hybridized carbons (Fsp3) is 0.300. The second-order valence-corrected chi connectivity index (χ2v) is 2.84. The van der Waals surface area contributed by atoms with E-state index in [0.29, 0.717) is 5.75 Å². The number of carbonyl (C=O) groups excluding carboxylic acids is 1. The van der Waals surface area contributed by atoms with E-state index in [2.05, 4.69) is 0 Å². The van der Waals surface area contributed by atoms with Crippen molar-refractivity contribution in [3.05, 3.63) is 29.8 Å². The van der Waals surface area contributed by atoms with Gasteiger partial charge in [-0.2, -0.15) is 0 Å². The number of hydrogen-bond acceptors (Lipinski definition) is 3. The molecule has 3 heteroatoms. The highest BCUT2D eigenvalue weighted by atomic mass is 16.5. The van der Waals surface area contributed by atoms with Crippen LogP contribution < -0.4 is 9.84 Å². The van der Waals surface area contributed by atoms with E-state index in [0.717, 1.165) is 5.56 Å². The molecule has 0 saturated carbocycles. The second-order valence-electron chi connectivity index (χ2n) is 2.84. The van der Waals surface area contributed by atoms with Gasteiger partial charge in [0.2, 0.25) is 0 Å². The van der Waals surface area contributed by atoms with Crippen LogP contribution in [0.25, 0.3) is 0 Å². The third-order valence-corrected chi connectivity index (χ3v) is 1.73. The predicted molar refractivity (Wildman–Crippen MR) is 46.3 cm³/mol. The van der Waals surface area contributed by atoms with Gasteiger partial charge in [-0.05, 0) is 25.5 Å². The van der Waals surface area contributed by atoms with E-state index in [1.807, 2.05) is 19.1 Å². The summed E-state index contributed by atoms with van der Waals surface area (Å²) in [6.07, 6.45) is -0.916. The van der Waals surface area contributed by atoms with Crippen molar-refractivity contribution in [2.45, 2.75) is 20.0 Å². The minimum Gasteiger partial charge on any atom is -0.546 e. The minimum atomic E-state index is -1.21. The number of ether oxygens (including phenoxy) is 1. The Morgan fingerprint density at radius 1 is 1.46 bits per heavy atom. The molecule has 1 aromatic rings. The third kappa shape index (κ3) is 2.47. The summed E-state index contributed by atoms with van der Waals surface area (Å²) >= 11 is 0. The van der Waals surface area contributed by atoms with Crippen LogP contribution in [0.1, 0.15) is 12.5 Å². The molecule has 0 aliphatic rings. The molecule has 1 rings (SSSR count). The standard InChI is InChI=1S/C10H12O3/c1-7-5-3-4-6-9(7)13-8(2)10(11)12/h3-6,8H,1-2H3,(H,11,12)/p-1/t8-/m0/s1. The van der Waals surface area contributed by atoms with Crippen molar-refractivity contribution >= 4 is 5.97 Å². The molecule has 0 N–H and O–H groups in total. The fourth-order valence-electron chi connectivity index (χ4n) is 0.927. The van der Waals surface area contributed by atoms with Crippen LogP contribution in [0.15, 0.2) is 24.3 Å². The number of carbonyl (C=O) groups is 1. The molecule has 0 aliphatic carbocycles. The van der Waals surface area contributed by atoms with Gasteiger partial charge in [0, 0.05) is 0 Å². The first-order chi connectivity index (χ1) is 6.11. The molecule has 1 aromatic carbocycles. The molecule has 0 heterocycles. The first-order valence-corrected chi connectivity index (χ1v) is 4.04. The molecule has 0 fully saturated rings. The highest BCUT2D eigenvalue weighted by molar-refractivity contribution is 5.69. The molecule has 0 bridgehead atoms. The maximum absolute atomic E-state index is 10.4. The van der Waals surface area contributed by atoms with Crippen molar-refractivity contribution in [2.24, 2.45) is 0 Å². The van der Waals surface area contributed by atoms with Crippen LogP contribution in [0, 0.1) is 6.92 Å². The second kappa shape index (κ2) is 3.94. The van der Waals surface area contributed by atoms with Crippen molar-refractivity contribution in [1.82, 2.24) is 0 Å². The highest BCUT2D eigenvalue weighted by Gasteiger charge is 2.05. The number of aryl methyl sites for hydroxylation is 1. The van der Waals surface area contributed by atoms with Crippen LogP contribution in [0.5, 0.6) is 5.75 Å². The van der Waals surface area contributed by atoms with Gasteiger partial charge in [0.05, 0.1) is 5.97 Å². The summed E-state index contributed by atoms with van der Waals surface area (Å²) in [4.78, 5) is 10.4. The Morgan fingerprint density at radius 3 is 2.62 bits per heavy atom. The lowest BCUT2D eigenvalue weighted by Gasteiger charge is -2.16. The maximum Gasteiger partial charge on any atom is 0.135 e. The van der Waals surface area contributed by atoms with E-state index in [1.165, 1.54) is 6.92 Å². The van der Waals surface area contributed by atoms with Crippen molar-refractivity contribution in [1.29, 1.82) is 0 Å². The Hall–Kier alpha value is -1.51. The van der Waals surface area contributed by atoms with Crippen molar-refractivity contribution < 1.29 is 14.6 Å². The summed E-state index contributed by atoms with van der Waals surface area (Å²) in [5.41, 5.74) is 0.913. The summed E-state index contributed by atoms with van der Waals surface area (Å²) in [6, 6.07) is 7.25. The van der Waals surface area contributed by atoms with E-state index >= 15 is 0 Å². The molecular formula is C10H11O3-. The normalized spacial score (nSPS) is 12.2. The SMILES string of the molecule is Cc1ccccc1O[C@@H](C)C(=O)[O-]. The van der Waals surface area contributed by atoms with Gasteiger partial charge in [0.1, 0.15) is 11.9 Å². The van der Waals surface area contributed by atoms with Gasteiger partial charge in [-0.1, -0.05) is 18.2 Å². The molecule has 0 unspecified atom stereocenters. The van der Waals surface area contributed by atoms with Crippen molar-refractivity contribution in [3.8, 4) is 5.75 Å². The summed E-state index contributed by atoms with van der Waals surface area (Å²) in [5.74, 6) is -0.623. The van der Waals surface area contributed by atoms with E-state index < -0.39 is 12.1 Å². The number of para-hydroxylation sites is 1. The zero-order valence-electron chi connectivity index (χ0n) is 7.61. The third-order valence-electron chi connectivity index (χ3n) is 1.73. The Labute approximate surface area is 77.0 Å². The quantitative estimate of drug-likeness (QED) is 0.679. The summed E-state index contributed by atoms with van der Waals surface area (Å²) in [6.45, 7) is 3.30. The number of hydrogen-bond donors (Lipinski definition) is 0. The number of carboxylic acids is 1. The molecule has 13 heavy (non-hydrogen) atoms. The topological polar surface area (TPSA) is 49.4 Å². The Kier molecular flexibility index (Phi) is 2.90. The van der Waals surface area contributed by atoms with Gasteiger partial charge in [-0.25, -0.2) is 0 Å². The Balaban J connectivity index is 2.74. The maximum atomic E-state index is 10.4. The van der Waals surface area contributed by atoms with Crippen LogP contribution in [0.4, 0.5) is 0 Å². The first-order valence-electron chi connectivity index (χ1n) is 4.04. The largest absolute Gasteiger partial charge is 0.546 e. The van der Waals surface area contributed by atoms with Crippen LogP contribution in [-0.4, -0.2) is 12.1 Å². The number of carboxylic acid groups (broad SMARTS) is 1. The molecule has 0 aliphatic heterocycles. The average Bonchev–Trinajstić information content (AvgIpc) is 2.08. The molecule has 0 amide bonds. The molecule has 1 atom stereocenters. The molecule has 0 saturated heterocycles.